The molecule has 0 amide bonds. The summed E-state index contributed by atoms with van der Waals surface area (Å²) in [4.78, 5) is 0. The van der Waals surface area contributed by atoms with Crippen molar-refractivity contribution in [2.75, 3.05) is 6.54 Å². The molecule has 1 aliphatic rings. The first-order valence-corrected chi connectivity index (χ1v) is 15.6. The molecule has 0 bridgehead atoms. The lowest BCUT2D eigenvalue weighted by molar-refractivity contribution is 0.626. The quantitative estimate of drug-likeness (QED) is 0.294. The molecule has 218 valence electrons. The van der Waals surface area contributed by atoms with Crippen molar-refractivity contribution in [2.24, 2.45) is 0 Å². The van der Waals surface area contributed by atoms with Gasteiger partial charge in [0.2, 0.25) is 0 Å². The fourth-order valence-corrected chi connectivity index (χ4v) is 4.76. The van der Waals surface area contributed by atoms with Gasteiger partial charge >= 0.3 is 0 Å². The highest BCUT2D eigenvalue weighted by Crippen LogP contribution is 2.26. The van der Waals surface area contributed by atoms with Gasteiger partial charge in [-0.25, -0.2) is 4.39 Å². The van der Waals surface area contributed by atoms with Crippen LogP contribution in [-0.4, -0.2) is 21.3 Å². The molecule has 1 aromatic heterocycles. The van der Waals surface area contributed by atoms with E-state index in [4.69, 9.17) is 0 Å². The molecule has 4 nitrogen and oxygen atoms in total. The summed E-state index contributed by atoms with van der Waals surface area (Å²) in [6.07, 6.45) is 8.67. The Balaban J connectivity index is 0.000000741. The van der Waals surface area contributed by atoms with Crippen molar-refractivity contribution in [3.8, 4) is 5.69 Å². The predicted molar refractivity (Wildman–Crippen MR) is 170 cm³/mol. The van der Waals surface area contributed by atoms with Gasteiger partial charge in [-0.3, -0.25) is 4.57 Å². The Bertz CT molecular complexity index is 1050. The van der Waals surface area contributed by atoms with Crippen LogP contribution in [-0.2, 0) is 5.75 Å². The summed E-state index contributed by atoms with van der Waals surface area (Å²) in [5.74, 6) is 1.39. The van der Waals surface area contributed by atoms with Gasteiger partial charge in [0, 0.05) is 23.7 Å². The largest absolute Gasteiger partial charge is 0.389 e. The van der Waals surface area contributed by atoms with Gasteiger partial charge in [-0.1, -0.05) is 103 Å². The number of nitrogens with one attached hydrogen (secondary N) is 1. The van der Waals surface area contributed by atoms with Crippen molar-refractivity contribution in [1.29, 1.82) is 0 Å². The second-order valence-corrected chi connectivity index (χ2v) is 9.98. The van der Waals surface area contributed by atoms with Crippen molar-refractivity contribution in [1.82, 2.24) is 20.1 Å². The van der Waals surface area contributed by atoms with E-state index in [0.717, 1.165) is 45.8 Å². The second-order valence-electron chi connectivity index (χ2n) is 9.04. The number of hydrogen-bond acceptors (Lipinski definition) is 4. The van der Waals surface area contributed by atoms with Gasteiger partial charge < -0.3 is 5.32 Å². The first-order chi connectivity index (χ1) is 18.8. The van der Waals surface area contributed by atoms with E-state index >= 15 is 0 Å². The molecule has 0 radical (unpaired) electrons. The number of nitrogens with zero attached hydrogens (tertiary/aromatic N) is 3. The smallest absolute Gasteiger partial charge is 0.196 e. The third kappa shape index (κ3) is 14.9. The molecule has 3 aromatic rings. The Labute approximate surface area is 242 Å². The highest BCUT2D eigenvalue weighted by molar-refractivity contribution is 7.98. The van der Waals surface area contributed by atoms with Crippen molar-refractivity contribution >= 4 is 11.8 Å². The van der Waals surface area contributed by atoms with E-state index in [1.54, 1.807) is 17.8 Å². The molecule has 0 atom stereocenters. The molecule has 39 heavy (non-hydrogen) atoms. The van der Waals surface area contributed by atoms with Crippen LogP contribution < -0.4 is 5.32 Å². The average molecular weight is 557 g/mol. The maximum Gasteiger partial charge on any atom is 0.196 e. The maximum absolute atomic E-state index is 13.2. The molecular formula is C33H53FN4S. The molecule has 1 N–H and O–H groups in total. The van der Waals surface area contributed by atoms with Crippen LogP contribution in [0.1, 0.15) is 103 Å². The molecular weight excluding hydrogens is 503 g/mol. The Morgan fingerprint density at radius 1 is 0.949 bits per heavy atom. The molecule has 0 saturated heterocycles. The van der Waals surface area contributed by atoms with Crippen LogP contribution in [0.5, 0.6) is 0 Å². The molecule has 1 aliphatic carbocycles. The van der Waals surface area contributed by atoms with Crippen LogP contribution in [0.2, 0.25) is 0 Å². The zero-order valence-electron chi connectivity index (χ0n) is 26.0. The Morgan fingerprint density at radius 2 is 1.56 bits per heavy atom. The van der Waals surface area contributed by atoms with Crippen molar-refractivity contribution < 1.29 is 4.39 Å². The van der Waals surface area contributed by atoms with Crippen LogP contribution in [0.4, 0.5) is 4.39 Å². The highest BCUT2D eigenvalue weighted by atomic mass is 32.2. The minimum absolute atomic E-state index is 0.199. The van der Waals surface area contributed by atoms with E-state index in [0.29, 0.717) is 0 Å². The standard InChI is InChI=1S/C18H18FN3S.C6H13N.C5H10.2C2H6/c1-12-5-4-6-17(9-12)22-14(3)20-21-18(22)23-11-15-7-8-16(19)10-13(15)2;1-4-5-7-6(2)3;1-2-4-5-3-1;2*1-2/h4-10H,11H2,1-3H3;7H,2,4-5H2,1,3H3;1-5H2;2*1-2H3. The molecule has 1 fully saturated rings. The first kappa shape index (κ1) is 36.4. The van der Waals surface area contributed by atoms with Gasteiger partial charge in [-0.15, -0.1) is 10.2 Å². The number of halogens is 1. The molecule has 2 aromatic carbocycles. The Morgan fingerprint density at radius 3 is 2.05 bits per heavy atom. The summed E-state index contributed by atoms with van der Waals surface area (Å²) in [6.45, 7) is 22.8. The summed E-state index contributed by atoms with van der Waals surface area (Å²) >= 11 is 1.61. The Kier molecular flexibility index (Phi) is 20.8. The van der Waals surface area contributed by atoms with Crippen molar-refractivity contribution in [2.45, 2.75) is 112 Å². The summed E-state index contributed by atoms with van der Waals surface area (Å²) < 4.78 is 15.3. The van der Waals surface area contributed by atoms with E-state index in [-0.39, 0.29) is 5.82 Å². The molecule has 0 aliphatic heterocycles. The highest BCUT2D eigenvalue weighted by Gasteiger charge is 2.12. The van der Waals surface area contributed by atoms with Gasteiger partial charge in [-0.05, 0) is 75.1 Å². The number of allylic oxidation sites excluding steroid dienone is 1. The number of aryl methyl sites for hydroxylation is 3. The third-order valence-corrected chi connectivity index (χ3v) is 6.62. The molecule has 4 rings (SSSR count). The topological polar surface area (TPSA) is 42.7 Å². The number of thioether (sulfide) groups is 1. The summed E-state index contributed by atoms with van der Waals surface area (Å²) in [5.41, 5.74) is 5.37. The van der Waals surface area contributed by atoms with Gasteiger partial charge in [0.05, 0.1) is 0 Å². The van der Waals surface area contributed by atoms with Crippen LogP contribution in [0.25, 0.3) is 5.69 Å². The minimum Gasteiger partial charge on any atom is -0.389 e. The number of benzene rings is 2. The average Bonchev–Trinajstić information content (AvgIpc) is 3.63. The lowest BCUT2D eigenvalue weighted by atomic mass is 10.1. The van der Waals surface area contributed by atoms with Crippen molar-refractivity contribution in [3.63, 3.8) is 0 Å². The zero-order valence-corrected chi connectivity index (χ0v) is 26.8. The minimum atomic E-state index is -0.199. The lowest BCUT2D eigenvalue weighted by Crippen LogP contribution is -2.09. The van der Waals surface area contributed by atoms with E-state index < -0.39 is 0 Å². The predicted octanol–water partition coefficient (Wildman–Crippen LogP) is 10.1. The Hall–Kier alpha value is -2.60. The van der Waals surface area contributed by atoms with E-state index in [2.05, 4.69) is 58.7 Å². The normalized spacial score (nSPS) is 11.3. The van der Waals surface area contributed by atoms with Gasteiger partial charge in [0.15, 0.2) is 5.16 Å². The maximum atomic E-state index is 13.2. The summed E-state index contributed by atoms with van der Waals surface area (Å²) in [5, 5.41) is 12.4. The lowest BCUT2D eigenvalue weighted by Gasteiger charge is -2.10. The summed E-state index contributed by atoms with van der Waals surface area (Å²) in [7, 11) is 0. The summed E-state index contributed by atoms with van der Waals surface area (Å²) in [6, 6.07) is 13.2. The zero-order chi connectivity index (χ0) is 29.6. The van der Waals surface area contributed by atoms with Crippen molar-refractivity contribution in [3.05, 3.63) is 83.1 Å². The first-order valence-electron chi connectivity index (χ1n) is 14.6. The van der Waals surface area contributed by atoms with Gasteiger partial charge in [0.25, 0.3) is 0 Å². The van der Waals surface area contributed by atoms with E-state index in [1.807, 2.05) is 60.6 Å². The number of aromatic nitrogens is 3. The number of rotatable bonds is 7. The van der Waals surface area contributed by atoms with Crippen LogP contribution in [0.15, 0.2) is 59.9 Å². The molecule has 0 spiro atoms. The number of hydrogen-bond donors (Lipinski definition) is 1. The van der Waals surface area contributed by atoms with Crippen LogP contribution in [0.3, 0.4) is 0 Å². The van der Waals surface area contributed by atoms with Crippen LogP contribution >= 0.6 is 11.8 Å². The van der Waals surface area contributed by atoms with Gasteiger partial charge in [0.1, 0.15) is 11.6 Å². The molecule has 1 saturated carbocycles. The van der Waals surface area contributed by atoms with Gasteiger partial charge in [-0.2, -0.15) is 0 Å². The molecule has 0 unspecified atom stereocenters. The molecule has 6 heteroatoms. The molecule has 1 heterocycles. The monoisotopic (exact) mass is 556 g/mol. The fourth-order valence-electron chi connectivity index (χ4n) is 3.69. The van der Waals surface area contributed by atoms with E-state index in [9.17, 15) is 4.39 Å². The van der Waals surface area contributed by atoms with E-state index in [1.165, 1.54) is 50.2 Å². The fraction of sp³-hybridized carbons (Fsp3) is 0.515. The SMILES string of the molecule is C1CCCC1.C=C(C)NCCC.CC.CC.Cc1cccc(-n2c(C)nnc2SCc2ccc(F)cc2C)c1. The van der Waals surface area contributed by atoms with Crippen LogP contribution in [0, 0.1) is 26.6 Å². The third-order valence-electron chi connectivity index (χ3n) is 5.64. The second kappa shape index (κ2) is 22.2.